The van der Waals surface area contributed by atoms with Crippen molar-refractivity contribution in [2.75, 3.05) is 19.8 Å². The molecule has 4 rings (SSSR count). The molecule has 0 spiro atoms. The second-order valence-corrected chi connectivity index (χ2v) is 6.78. The zero-order valence-corrected chi connectivity index (χ0v) is 15.8. The summed E-state index contributed by atoms with van der Waals surface area (Å²) < 4.78 is 16.9. The molecule has 1 amide bonds. The van der Waals surface area contributed by atoms with E-state index in [9.17, 15) is 4.79 Å². The molecule has 1 aromatic carbocycles. The Morgan fingerprint density at radius 1 is 1.36 bits per heavy atom. The molecule has 3 heterocycles. The van der Waals surface area contributed by atoms with Crippen molar-refractivity contribution in [2.45, 2.75) is 32.4 Å². The highest BCUT2D eigenvalue weighted by molar-refractivity contribution is 5.92. The van der Waals surface area contributed by atoms with Crippen molar-refractivity contribution in [1.29, 1.82) is 0 Å². The molecule has 0 aliphatic carbocycles. The van der Waals surface area contributed by atoms with Gasteiger partial charge >= 0.3 is 0 Å². The van der Waals surface area contributed by atoms with Gasteiger partial charge in [0.15, 0.2) is 12.3 Å². The van der Waals surface area contributed by atoms with Gasteiger partial charge in [-0.2, -0.15) is 0 Å². The van der Waals surface area contributed by atoms with Crippen molar-refractivity contribution < 1.29 is 18.7 Å². The first-order chi connectivity index (χ1) is 13.8. The molecular formula is C21H23N3O4. The Kier molecular flexibility index (Phi) is 5.53. The van der Waals surface area contributed by atoms with Crippen LogP contribution in [-0.4, -0.2) is 46.6 Å². The minimum absolute atomic E-state index is 0.0898. The third-order valence-corrected chi connectivity index (χ3v) is 4.87. The molecule has 1 unspecified atom stereocenters. The number of pyridine rings is 1. The standard InChI is InChI=1S/C21H23N3O4/c1-2-4-16-12-26-10-9-24(16)21(25)18-13-28-20(23-18)14-27-19-6-3-5-15-11-22-8-7-17(15)19/h3,5-8,11,13,16H,2,4,9-10,12,14H2,1H3. The van der Waals surface area contributed by atoms with E-state index >= 15 is 0 Å². The summed E-state index contributed by atoms with van der Waals surface area (Å²) in [5.74, 6) is 0.977. The first kappa shape index (κ1) is 18.4. The van der Waals surface area contributed by atoms with E-state index in [-0.39, 0.29) is 18.6 Å². The van der Waals surface area contributed by atoms with Gasteiger partial charge in [-0.05, 0) is 18.6 Å². The van der Waals surface area contributed by atoms with E-state index in [1.54, 1.807) is 12.4 Å². The number of aromatic nitrogens is 2. The molecular weight excluding hydrogens is 358 g/mol. The molecule has 28 heavy (non-hydrogen) atoms. The monoisotopic (exact) mass is 381 g/mol. The van der Waals surface area contributed by atoms with Crippen LogP contribution < -0.4 is 4.74 Å². The van der Waals surface area contributed by atoms with E-state index in [1.165, 1.54) is 6.26 Å². The van der Waals surface area contributed by atoms with Crippen molar-refractivity contribution in [3.05, 3.63) is 54.5 Å². The SMILES string of the molecule is CCCC1COCCN1C(=O)c1coc(COc2cccc3cnccc23)n1. The number of oxazole rings is 1. The highest BCUT2D eigenvalue weighted by Gasteiger charge is 2.29. The molecule has 0 saturated carbocycles. The van der Waals surface area contributed by atoms with Crippen molar-refractivity contribution in [3.8, 4) is 5.75 Å². The van der Waals surface area contributed by atoms with Crippen molar-refractivity contribution in [3.63, 3.8) is 0 Å². The van der Waals surface area contributed by atoms with Crippen LogP contribution in [0.5, 0.6) is 5.75 Å². The fourth-order valence-electron chi connectivity index (χ4n) is 3.48. The minimum Gasteiger partial charge on any atom is -0.483 e. The maximum Gasteiger partial charge on any atom is 0.276 e. The van der Waals surface area contributed by atoms with Crippen LogP contribution in [0, 0.1) is 0 Å². The van der Waals surface area contributed by atoms with Gasteiger partial charge in [0.25, 0.3) is 5.91 Å². The lowest BCUT2D eigenvalue weighted by molar-refractivity contribution is -0.00464. The van der Waals surface area contributed by atoms with Gasteiger partial charge in [-0.3, -0.25) is 9.78 Å². The van der Waals surface area contributed by atoms with Crippen LogP contribution in [0.3, 0.4) is 0 Å². The van der Waals surface area contributed by atoms with E-state index < -0.39 is 0 Å². The lowest BCUT2D eigenvalue weighted by Gasteiger charge is -2.35. The molecule has 7 nitrogen and oxygen atoms in total. The van der Waals surface area contributed by atoms with Gasteiger partial charge in [-0.25, -0.2) is 4.98 Å². The van der Waals surface area contributed by atoms with Crippen LogP contribution >= 0.6 is 0 Å². The molecule has 1 saturated heterocycles. The Morgan fingerprint density at radius 3 is 3.18 bits per heavy atom. The molecule has 2 aromatic heterocycles. The molecule has 1 atom stereocenters. The number of hydrogen-bond acceptors (Lipinski definition) is 6. The Balaban J connectivity index is 1.44. The summed E-state index contributed by atoms with van der Waals surface area (Å²) in [6.45, 7) is 3.95. The third kappa shape index (κ3) is 3.84. The molecule has 7 heteroatoms. The highest BCUT2D eigenvalue weighted by atomic mass is 16.5. The molecule has 0 bridgehead atoms. The van der Waals surface area contributed by atoms with Crippen LogP contribution in [0.1, 0.15) is 36.1 Å². The summed E-state index contributed by atoms with van der Waals surface area (Å²) >= 11 is 0. The summed E-state index contributed by atoms with van der Waals surface area (Å²) in [7, 11) is 0. The van der Waals surface area contributed by atoms with E-state index in [2.05, 4.69) is 16.9 Å². The molecule has 146 valence electrons. The van der Waals surface area contributed by atoms with Crippen LogP contribution in [0.4, 0.5) is 0 Å². The second kappa shape index (κ2) is 8.39. The number of carbonyl (C=O) groups excluding carboxylic acids is 1. The predicted molar refractivity (Wildman–Crippen MR) is 103 cm³/mol. The zero-order valence-electron chi connectivity index (χ0n) is 15.8. The Labute approximate surface area is 163 Å². The molecule has 3 aromatic rings. The number of fused-ring (bicyclic) bond motifs is 1. The average molecular weight is 381 g/mol. The van der Waals surface area contributed by atoms with Crippen molar-refractivity contribution in [2.24, 2.45) is 0 Å². The summed E-state index contributed by atoms with van der Waals surface area (Å²) in [5, 5.41) is 1.97. The third-order valence-electron chi connectivity index (χ3n) is 4.87. The predicted octanol–water partition coefficient (Wildman–Crippen LogP) is 3.44. The summed E-state index contributed by atoms with van der Waals surface area (Å²) in [5.41, 5.74) is 0.309. The number of hydrogen-bond donors (Lipinski definition) is 0. The van der Waals surface area contributed by atoms with Crippen molar-refractivity contribution in [1.82, 2.24) is 14.9 Å². The number of amides is 1. The number of nitrogens with zero attached hydrogens (tertiary/aromatic N) is 3. The molecule has 0 N–H and O–H groups in total. The van der Waals surface area contributed by atoms with Crippen LogP contribution in [0.15, 0.2) is 47.3 Å². The second-order valence-electron chi connectivity index (χ2n) is 6.78. The van der Waals surface area contributed by atoms with Crippen LogP contribution in [-0.2, 0) is 11.3 Å². The minimum atomic E-state index is -0.118. The smallest absolute Gasteiger partial charge is 0.276 e. The molecule has 1 fully saturated rings. The number of morpholine rings is 1. The van der Waals surface area contributed by atoms with Crippen molar-refractivity contribution >= 4 is 16.7 Å². The fraction of sp³-hybridized carbons (Fsp3) is 0.381. The van der Waals surface area contributed by atoms with E-state index in [0.717, 1.165) is 29.4 Å². The summed E-state index contributed by atoms with van der Waals surface area (Å²) in [6, 6.07) is 7.77. The Hall–Kier alpha value is -2.93. The maximum atomic E-state index is 12.8. The van der Waals surface area contributed by atoms with Gasteiger partial charge in [-0.1, -0.05) is 25.5 Å². The van der Waals surface area contributed by atoms with Gasteiger partial charge < -0.3 is 18.8 Å². The largest absolute Gasteiger partial charge is 0.483 e. The molecule has 1 aliphatic rings. The van der Waals surface area contributed by atoms with Crippen LogP contribution in [0.25, 0.3) is 10.8 Å². The zero-order chi connectivity index (χ0) is 19.3. The van der Waals surface area contributed by atoms with Gasteiger partial charge in [0.2, 0.25) is 5.89 Å². The maximum absolute atomic E-state index is 12.8. The highest BCUT2D eigenvalue weighted by Crippen LogP contribution is 2.25. The average Bonchev–Trinajstić information content (AvgIpc) is 3.21. The Morgan fingerprint density at radius 2 is 2.29 bits per heavy atom. The van der Waals surface area contributed by atoms with Gasteiger partial charge in [0.05, 0.1) is 19.3 Å². The van der Waals surface area contributed by atoms with Gasteiger partial charge in [-0.15, -0.1) is 0 Å². The fourth-order valence-corrected chi connectivity index (χ4v) is 3.48. The van der Waals surface area contributed by atoms with E-state index in [0.29, 0.717) is 31.3 Å². The first-order valence-corrected chi connectivity index (χ1v) is 9.55. The first-order valence-electron chi connectivity index (χ1n) is 9.55. The van der Waals surface area contributed by atoms with E-state index in [1.807, 2.05) is 29.2 Å². The number of ether oxygens (including phenoxy) is 2. The lowest BCUT2D eigenvalue weighted by Crippen LogP contribution is -2.48. The number of carbonyl (C=O) groups is 1. The molecule has 0 radical (unpaired) electrons. The topological polar surface area (TPSA) is 77.7 Å². The Bertz CT molecular complexity index is 948. The summed E-state index contributed by atoms with van der Waals surface area (Å²) in [4.78, 5) is 23.1. The molecule has 1 aliphatic heterocycles. The van der Waals surface area contributed by atoms with Gasteiger partial charge in [0.1, 0.15) is 12.0 Å². The number of benzene rings is 1. The quantitative estimate of drug-likeness (QED) is 0.651. The lowest BCUT2D eigenvalue weighted by atomic mass is 10.1. The normalized spacial score (nSPS) is 17.0. The van der Waals surface area contributed by atoms with Gasteiger partial charge in [0, 0.05) is 29.7 Å². The van der Waals surface area contributed by atoms with E-state index in [4.69, 9.17) is 13.9 Å². The summed E-state index contributed by atoms with van der Waals surface area (Å²) in [6.07, 6.45) is 6.84. The number of rotatable bonds is 6. The van der Waals surface area contributed by atoms with Crippen LogP contribution in [0.2, 0.25) is 0 Å².